The molecule has 0 unspecified atom stereocenters. The third kappa shape index (κ3) is 3.55. The van der Waals surface area contributed by atoms with Crippen LogP contribution < -0.4 is 18.9 Å². The number of benzene rings is 3. The van der Waals surface area contributed by atoms with E-state index in [1.807, 2.05) is 30.3 Å². The average Bonchev–Trinajstić information content (AvgIpc) is 3.30. The summed E-state index contributed by atoms with van der Waals surface area (Å²) in [5.41, 5.74) is 6.77. The van der Waals surface area contributed by atoms with E-state index in [2.05, 4.69) is 43.1 Å². The number of aryl methyl sites for hydroxylation is 2. The largest absolute Gasteiger partial charge is 0.493 e. The van der Waals surface area contributed by atoms with Gasteiger partial charge in [-0.05, 0) is 54.8 Å². The average molecular weight is 445 g/mol. The van der Waals surface area contributed by atoms with E-state index < -0.39 is 6.23 Å². The van der Waals surface area contributed by atoms with Crippen LogP contribution in [0.25, 0.3) is 0 Å². The SMILES string of the molecule is COc1cc([C@H]2Oc3ccccc3[C@@H]3CC(c4ccc(C)c(C)c4)=NN23)cc(OC)c1OC. The molecule has 0 fully saturated rings. The first-order chi connectivity index (χ1) is 16.0. The summed E-state index contributed by atoms with van der Waals surface area (Å²) in [5.74, 6) is 2.60. The zero-order chi connectivity index (χ0) is 23.1. The van der Waals surface area contributed by atoms with Crippen LogP contribution in [0.4, 0.5) is 0 Å². The Morgan fingerprint density at radius 3 is 2.27 bits per heavy atom. The second kappa shape index (κ2) is 8.35. The monoisotopic (exact) mass is 444 g/mol. The van der Waals surface area contributed by atoms with Crippen molar-refractivity contribution in [3.05, 3.63) is 82.4 Å². The van der Waals surface area contributed by atoms with E-state index in [1.165, 1.54) is 11.1 Å². The Hall–Kier alpha value is -3.67. The molecule has 0 spiro atoms. The Bertz CT molecular complexity index is 1210. The van der Waals surface area contributed by atoms with E-state index in [9.17, 15) is 0 Å². The molecule has 3 aromatic carbocycles. The molecular weight excluding hydrogens is 416 g/mol. The molecular formula is C27H28N2O4. The second-order valence-electron chi connectivity index (χ2n) is 8.41. The predicted molar refractivity (Wildman–Crippen MR) is 128 cm³/mol. The van der Waals surface area contributed by atoms with Crippen molar-refractivity contribution >= 4 is 5.71 Å². The van der Waals surface area contributed by atoms with Gasteiger partial charge in [-0.1, -0.05) is 30.3 Å². The highest BCUT2D eigenvalue weighted by molar-refractivity contribution is 6.02. The minimum absolute atomic E-state index is 0.0793. The third-order valence-electron chi connectivity index (χ3n) is 6.51. The Kier molecular flexibility index (Phi) is 5.36. The zero-order valence-electron chi connectivity index (χ0n) is 19.6. The lowest BCUT2D eigenvalue weighted by Crippen LogP contribution is -2.33. The van der Waals surface area contributed by atoms with E-state index in [4.69, 9.17) is 24.0 Å². The molecule has 0 saturated heterocycles. The summed E-state index contributed by atoms with van der Waals surface area (Å²) in [5, 5.41) is 7.14. The van der Waals surface area contributed by atoms with Crippen molar-refractivity contribution in [2.45, 2.75) is 32.5 Å². The number of nitrogens with zero attached hydrogens (tertiary/aromatic N) is 2. The fraction of sp³-hybridized carbons (Fsp3) is 0.296. The van der Waals surface area contributed by atoms with E-state index in [0.717, 1.165) is 34.6 Å². The highest BCUT2D eigenvalue weighted by atomic mass is 16.5. The molecule has 2 aliphatic rings. The van der Waals surface area contributed by atoms with Crippen LogP contribution in [0.1, 0.15) is 46.5 Å². The standard InChI is InChI=1S/C27H28N2O4/c1-16-10-11-18(12-17(16)2)21-15-22-20-8-6-7-9-23(20)33-27(29(22)28-21)19-13-24(30-3)26(32-5)25(14-19)31-4/h6-14,22,27H,15H2,1-5H3/t22-,27+/m0/s1. The molecule has 6 heteroatoms. The molecule has 33 heavy (non-hydrogen) atoms. The number of rotatable bonds is 5. The van der Waals surface area contributed by atoms with Gasteiger partial charge in [0.05, 0.1) is 33.1 Å². The highest BCUT2D eigenvalue weighted by Crippen LogP contribution is 2.49. The van der Waals surface area contributed by atoms with Gasteiger partial charge < -0.3 is 18.9 Å². The lowest BCUT2D eigenvalue weighted by atomic mass is 9.94. The number of para-hydroxylation sites is 1. The van der Waals surface area contributed by atoms with Gasteiger partial charge in [-0.25, -0.2) is 5.01 Å². The van der Waals surface area contributed by atoms with Gasteiger partial charge >= 0.3 is 0 Å². The summed E-state index contributed by atoms with van der Waals surface area (Å²) in [6, 6.07) is 18.7. The van der Waals surface area contributed by atoms with Crippen molar-refractivity contribution in [1.82, 2.24) is 5.01 Å². The second-order valence-corrected chi connectivity index (χ2v) is 8.41. The number of hydrazone groups is 1. The van der Waals surface area contributed by atoms with Crippen LogP contribution in [0.5, 0.6) is 23.0 Å². The molecule has 0 N–H and O–H groups in total. The van der Waals surface area contributed by atoms with Gasteiger partial charge in [-0.3, -0.25) is 0 Å². The van der Waals surface area contributed by atoms with Crippen LogP contribution >= 0.6 is 0 Å². The predicted octanol–water partition coefficient (Wildman–Crippen LogP) is 5.57. The molecule has 6 nitrogen and oxygen atoms in total. The summed E-state index contributed by atoms with van der Waals surface area (Å²) in [7, 11) is 4.84. The highest BCUT2D eigenvalue weighted by Gasteiger charge is 2.41. The Morgan fingerprint density at radius 1 is 0.879 bits per heavy atom. The van der Waals surface area contributed by atoms with Crippen molar-refractivity contribution in [3.63, 3.8) is 0 Å². The Balaban J connectivity index is 1.62. The molecule has 3 aromatic rings. The molecule has 170 valence electrons. The minimum atomic E-state index is -0.428. The maximum Gasteiger partial charge on any atom is 0.214 e. The van der Waals surface area contributed by atoms with E-state index in [0.29, 0.717) is 17.2 Å². The molecule has 5 rings (SSSR count). The van der Waals surface area contributed by atoms with Crippen molar-refractivity contribution in [1.29, 1.82) is 0 Å². The molecule has 2 atom stereocenters. The summed E-state index contributed by atoms with van der Waals surface area (Å²) >= 11 is 0. The van der Waals surface area contributed by atoms with E-state index >= 15 is 0 Å². The zero-order valence-corrected chi connectivity index (χ0v) is 19.6. The summed E-state index contributed by atoms with van der Waals surface area (Å²) in [4.78, 5) is 0. The van der Waals surface area contributed by atoms with Gasteiger partial charge in [0.2, 0.25) is 12.0 Å². The van der Waals surface area contributed by atoms with Gasteiger partial charge in [0, 0.05) is 17.5 Å². The summed E-state index contributed by atoms with van der Waals surface area (Å²) < 4.78 is 23.2. The van der Waals surface area contributed by atoms with Gasteiger partial charge in [-0.2, -0.15) is 5.10 Å². The van der Waals surface area contributed by atoms with Crippen LogP contribution in [0.3, 0.4) is 0 Å². The van der Waals surface area contributed by atoms with Crippen LogP contribution in [0.15, 0.2) is 59.7 Å². The first kappa shape index (κ1) is 21.2. The number of ether oxygens (including phenoxy) is 4. The third-order valence-corrected chi connectivity index (χ3v) is 6.51. The molecule has 0 aliphatic carbocycles. The quantitative estimate of drug-likeness (QED) is 0.515. The van der Waals surface area contributed by atoms with Crippen molar-refractivity contribution < 1.29 is 18.9 Å². The van der Waals surface area contributed by atoms with Gasteiger partial charge in [0.15, 0.2) is 11.5 Å². The topological polar surface area (TPSA) is 52.5 Å². The molecule has 2 aliphatic heterocycles. The van der Waals surface area contributed by atoms with Gasteiger partial charge in [0.25, 0.3) is 0 Å². The van der Waals surface area contributed by atoms with Crippen molar-refractivity contribution in [2.24, 2.45) is 5.10 Å². The number of hydrogen-bond acceptors (Lipinski definition) is 6. The van der Waals surface area contributed by atoms with E-state index in [1.54, 1.807) is 21.3 Å². The molecule has 2 heterocycles. The van der Waals surface area contributed by atoms with Crippen LogP contribution in [-0.2, 0) is 0 Å². The minimum Gasteiger partial charge on any atom is -0.493 e. The van der Waals surface area contributed by atoms with Gasteiger partial charge in [-0.15, -0.1) is 0 Å². The fourth-order valence-corrected chi connectivity index (χ4v) is 4.59. The van der Waals surface area contributed by atoms with Gasteiger partial charge in [0.1, 0.15) is 5.75 Å². The lowest BCUT2D eigenvalue weighted by molar-refractivity contribution is -0.0192. The lowest BCUT2D eigenvalue weighted by Gasteiger charge is -2.38. The molecule has 0 aromatic heterocycles. The van der Waals surface area contributed by atoms with Crippen LogP contribution in [-0.4, -0.2) is 32.0 Å². The van der Waals surface area contributed by atoms with Crippen LogP contribution in [0, 0.1) is 13.8 Å². The first-order valence-electron chi connectivity index (χ1n) is 11.0. The normalized spacial score (nSPS) is 18.7. The number of methoxy groups -OCH3 is 3. The maximum absolute atomic E-state index is 6.50. The van der Waals surface area contributed by atoms with E-state index in [-0.39, 0.29) is 6.04 Å². The maximum atomic E-state index is 6.50. The van der Waals surface area contributed by atoms with Crippen molar-refractivity contribution in [3.8, 4) is 23.0 Å². The molecule has 0 amide bonds. The van der Waals surface area contributed by atoms with Crippen molar-refractivity contribution in [2.75, 3.05) is 21.3 Å². The number of fused-ring (bicyclic) bond motifs is 3. The first-order valence-corrected chi connectivity index (χ1v) is 11.0. The smallest absolute Gasteiger partial charge is 0.214 e. The Morgan fingerprint density at radius 2 is 1.61 bits per heavy atom. The molecule has 0 radical (unpaired) electrons. The summed E-state index contributed by atoms with van der Waals surface area (Å²) in [6.45, 7) is 4.27. The number of hydrogen-bond donors (Lipinski definition) is 0. The Labute approximate surface area is 194 Å². The fourth-order valence-electron chi connectivity index (χ4n) is 4.59. The molecule has 0 bridgehead atoms. The summed E-state index contributed by atoms with van der Waals surface area (Å²) in [6.07, 6.45) is 0.381. The molecule has 0 saturated carbocycles. The van der Waals surface area contributed by atoms with Crippen LogP contribution in [0.2, 0.25) is 0 Å².